The van der Waals surface area contributed by atoms with E-state index in [1.54, 1.807) is 6.07 Å². The van der Waals surface area contributed by atoms with Crippen molar-refractivity contribution in [1.82, 2.24) is 4.90 Å². The quantitative estimate of drug-likeness (QED) is 0.863. The minimum atomic E-state index is -0.543. The molecule has 1 amide bonds. The van der Waals surface area contributed by atoms with Crippen molar-refractivity contribution in [2.75, 3.05) is 13.1 Å². The van der Waals surface area contributed by atoms with Gasteiger partial charge in [0.2, 0.25) is 0 Å². The third-order valence-corrected chi connectivity index (χ3v) is 5.38. The minimum Gasteiger partial charge on any atom is -0.389 e. The third kappa shape index (κ3) is 2.82. The van der Waals surface area contributed by atoms with Gasteiger partial charge in [0.1, 0.15) is 0 Å². The summed E-state index contributed by atoms with van der Waals surface area (Å²) in [7, 11) is 0. The Kier molecular flexibility index (Phi) is 3.98. The van der Waals surface area contributed by atoms with E-state index >= 15 is 0 Å². The molecular formula is C17H22ClNO2. The van der Waals surface area contributed by atoms with Crippen LogP contribution in [-0.2, 0) is 0 Å². The maximum atomic E-state index is 12.7. The molecule has 0 bridgehead atoms. The van der Waals surface area contributed by atoms with Crippen LogP contribution in [0.5, 0.6) is 0 Å². The summed E-state index contributed by atoms with van der Waals surface area (Å²) in [5, 5.41) is 11.3. The number of nitrogens with zero attached hydrogens (tertiary/aromatic N) is 1. The van der Waals surface area contributed by atoms with Gasteiger partial charge in [0.05, 0.1) is 5.60 Å². The fourth-order valence-corrected chi connectivity index (χ4v) is 3.92. The van der Waals surface area contributed by atoms with Crippen LogP contribution in [0.15, 0.2) is 18.2 Å². The molecule has 1 heterocycles. The van der Waals surface area contributed by atoms with Crippen molar-refractivity contribution in [3.63, 3.8) is 0 Å². The molecule has 1 aliphatic carbocycles. The Bertz CT molecular complexity index is 560. The van der Waals surface area contributed by atoms with Gasteiger partial charge >= 0.3 is 0 Å². The maximum absolute atomic E-state index is 12.7. The van der Waals surface area contributed by atoms with E-state index in [-0.39, 0.29) is 11.8 Å². The van der Waals surface area contributed by atoms with Crippen LogP contribution in [0, 0.1) is 12.8 Å². The van der Waals surface area contributed by atoms with E-state index in [1.165, 1.54) is 0 Å². The molecule has 0 aromatic heterocycles. The Morgan fingerprint density at radius 3 is 3.00 bits per heavy atom. The molecule has 21 heavy (non-hydrogen) atoms. The van der Waals surface area contributed by atoms with Crippen molar-refractivity contribution in [3.05, 3.63) is 34.3 Å². The van der Waals surface area contributed by atoms with Crippen LogP contribution in [-0.4, -0.2) is 34.6 Å². The summed E-state index contributed by atoms with van der Waals surface area (Å²) < 4.78 is 0. The largest absolute Gasteiger partial charge is 0.389 e. The van der Waals surface area contributed by atoms with E-state index in [0.717, 1.165) is 31.2 Å². The predicted molar refractivity (Wildman–Crippen MR) is 83.6 cm³/mol. The molecule has 0 radical (unpaired) electrons. The number of rotatable bonds is 1. The summed E-state index contributed by atoms with van der Waals surface area (Å²) in [6, 6.07) is 5.45. The van der Waals surface area contributed by atoms with Crippen LogP contribution in [0.1, 0.15) is 48.0 Å². The summed E-state index contributed by atoms with van der Waals surface area (Å²) >= 11 is 6.02. The van der Waals surface area contributed by atoms with E-state index in [0.29, 0.717) is 30.1 Å². The lowest BCUT2D eigenvalue weighted by Gasteiger charge is -2.47. The van der Waals surface area contributed by atoms with Crippen molar-refractivity contribution < 1.29 is 9.90 Å². The lowest BCUT2D eigenvalue weighted by Crippen LogP contribution is -2.54. The Labute approximate surface area is 130 Å². The number of halogens is 1. The zero-order valence-electron chi connectivity index (χ0n) is 12.4. The first-order valence-electron chi connectivity index (χ1n) is 7.77. The van der Waals surface area contributed by atoms with Crippen LogP contribution >= 0.6 is 11.6 Å². The summed E-state index contributed by atoms with van der Waals surface area (Å²) in [6.45, 7) is 3.24. The van der Waals surface area contributed by atoms with Gasteiger partial charge < -0.3 is 10.0 Å². The van der Waals surface area contributed by atoms with Crippen molar-refractivity contribution >= 4 is 17.5 Å². The molecule has 1 aromatic carbocycles. The summed E-state index contributed by atoms with van der Waals surface area (Å²) in [4.78, 5) is 14.6. The normalized spacial score (nSPS) is 29.1. The van der Waals surface area contributed by atoms with E-state index in [2.05, 4.69) is 0 Å². The lowest BCUT2D eigenvalue weighted by molar-refractivity contribution is -0.0886. The van der Waals surface area contributed by atoms with Gasteiger partial charge in [0, 0.05) is 29.6 Å². The average Bonchev–Trinajstić information content (AvgIpc) is 2.48. The molecule has 0 spiro atoms. The number of amides is 1. The Balaban J connectivity index is 1.79. The number of benzene rings is 1. The zero-order chi connectivity index (χ0) is 15.0. The molecule has 1 saturated heterocycles. The maximum Gasteiger partial charge on any atom is 0.254 e. The van der Waals surface area contributed by atoms with Gasteiger partial charge in [-0.25, -0.2) is 0 Å². The average molecular weight is 308 g/mol. The fourth-order valence-electron chi connectivity index (χ4n) is 3.75. The first-order valence-corrected chi connectivity index (χ1v) is 8.15. The molecule has 2 aliphatic rings. The van der Waals surface area contributed by atoms with Crippen molar-refractivity contribution in [2.24, 2.45) is 5.92 Å². The minimum absolute atomic E-state index is 0.0441. The standard InChI is InChI=1S/C17H22ClNO2/c1-12-5-6-14(18)10-15(12)16(20)19-9-8-17(21)7-3-2-4-13(17)11-19/h5-6,10,13,21H,2-4,7-9,11H2,1H3. The number of aliphatic hydroxyl groups is 1. The van der Waals surface area contributed by atoms with Gasteiger partial charge in [-0.1, -0.05) is 30.5 Å². The summed E-state index contributed by atoms with van der Waals surface area (Å²) in [6.07, 6.45) is 4.87. The number of hydrogen-bond donors (Lipinski definition) is 1. The highest BCUT2D eigenvalue weighted by atomic mass is 35.5. The topological polar surface area (TPSA) is 40.5 Å². The molecule has 1 aromatic rings. The number of aryl methyl sites for hydroxylation is 1. The summed E-state index contributed by atoms with van der Waals surface area (Å²) in [5.41, 5.74) is 1.09. The lowest BCUT2D eigenvalue weighted by atomic mass is 9.71. The molecule has 114 valence electrons. The number of carbonyl (C=O) groups excluding carboxylic acids is 1. The fraction of sp³-hybridized carbons (Fsp3) is 0.588. The molecule has 2 atom stereocenters. The molecule has 2 unspecified atom stereocenters. The number of likely N-dealkylation sites (tertiary alicyclic amines) is 1. The van der Waals surface area contributed by atoms with Crippen molar-refractivity contribution in [3.8, 4) is 0 Å². The van der Waals surface area contributed by atoms with Crippen LogP contribution in [0.25, 0.3) is 0 Å². The number of hydrogen-bond acceptors (Lipinski definition) is 2. The Morgan fingerprint density at radius 2 is 2.19 bits per heavy atom. The first kappa shape index (κ1) is 14.9. The highest BCUT2D eigenvalue weighted by molar-refractivity contribution is 6.31. The van der Waals surface area contributed by atoms with E-state index in [4.69, 9.17) is 11.6 Å². The Morgan fingerprint density at radius 1 is 1.38 bits per heavy atom. The third-order valence-electron chi connectivity index (χ3n) is 5.14. The van der Waals surface area contributed by atoms with Gasteiger partial charge in [0.25, 0.3) is 5.91 Å². The van der Waals surface area contributed by atoms with Gasteiger partial charge in [0.15, 0.2) is 0 Å². The smallest absolute Gasteiger partial charge is 0.254 e. The van der Waals surface area contributed by atoms with E-state index in [1.807, 2.05) is 24.0 Å². The molecule has 4 heteroatoms. The second-order valence-corrected chi connectivity index (χ2v) is 6.94. The zero-order valence-corrected chi connectivity index (χ0v) is 13.2. The van der Waals surface area contributed by atoms with Crippen LogP contribution < -0.4 is 0 Å². The predicted octanol–water partition coefficient (Wildman–Crippen LogP) is 3.42. The molecule has 1 N–H and O–H groups in total. The van der Waals surface area contributed by atoms with Gasteiger partial charge in [-0.2, -0.15) is 0 Å². The van der Waals surface area contributed by atoms with Crippen LogP contribution in [0.4, 0.5) is 0 Å². The second-order valence-electron chi connectivity index (χ2n) is 6.51. The highest BCUT2D eigenvalue weighted by Gasteiger charge is 2.43. The molecule has 1 saturated carbocycles. The number of carbonyl (C=O) groups is 1. The number of piperidine rings is 1. The first-order chi connectivity index (χ1) is 9.99. The second kappa shape index (κ2) is 5.62. The van der Waals surface area contributed by atoms with Gasteiger partial charge in [-0.15, -0.1) is 0 Å². The Hall–Kier alpha value is -1.06. The molecular weight excluding hydrogens is 286 g/mol. The monoisotopic (exact) mass is 307 g/mol. The van der Waals surface area contributed by atoms with Crippen LogP contribution in [0.2, 0.25) is 5.02 Å². The molecule has 3 nitrogen and oxygen atoms in total. The molecule has 3 rings (SSSR count). The van der Waals surface area contributed by atoms with Crippen molar-refractivity contribution in [2.45, 2.75) is 44.6 Å². The number of fused-ring (bicyclic) bond motifs is 1. The molecule has 1 aliphatic heterocycles. The van der Waals surface area contributed by atoms with E-state index in [9.17, 15) is 9.90 Å². The molecule has 2 fully saturated rings. The van der Waals surface area contributed by atoms with Crippen molar-refractivity contribution in [1.29, 1.82) is 0 Å². The van der Waals surface area contributed by atoms with Gasteiger partial charge in [-0.05, 0) is 43.9 Å². The summed E-state index contributed by atoms with van der Waals surface area (Å²) in [5.74, 6) is 0.270. The SMILES string of the molecule is Cc1ccc(Cl)cc1C(=O)N1CCC2(O)CCCCC2C1. The van der Waals surface area contributed by atoms with Gasteiger partial charge in [-0.3, -0.25) is 4.79 Å². The van der Waals surface area contributed by atoms with E-state index < -0.39 is 5.60 Å². The van der Waals surface area contributed by atoms with Crippen LogP contribution in [0.3, 0.4) is 0 Å². The highest BCUT2D eigenvalue weighted by Crippen LogP contribution is 2.40.